The van der Waals surface area contributed by atoms with Crippen LogP contribution in [-0.4, -0.2) is 9.13 Å². The van der Waals surface area contributed by atoms with Crippen molar-refractivity contribution in [2.75, 3.05) is 0 Å². The zero-order valence-corrected chi connectivity index (χ0v) is 41.5. The molecular formula is C74H46N2. The van der Waals surface area contributed by atoms with E-state index in [4.69, 9.17) is 0 Å². The maximum atomic E-state index is 2.46. The van der Waals surface area contributed by atoms with Crippen molar-refractivity contribution in [3.05, 3.63) is 279 Å². The van der Waals surface area contributed by atoms with Crippen LogP contribution >= 0.6 is 0 Å². The lowest BCUT2D eigenvalue weighted by Gasteiger charge is -2.18. The van der Waals surface area contributed by atoms with Gasteiger partial charge in [-0.1, -0.05) is 212 Å². The largest absolute Gasteiger partial charge is 0.309 e. The van der Waals surface area contributed by atoms with Gasteiger partial charge in [-0.25, -0.2) is 0 Å². The van der Waals surface area contributed by atoms with Gasteiger partial charge in [-0.15, -0.1) is 0 Å². The molecule has 352 valence electrons. The Labute approximate surface area is 439 Å². The van der Waals surface area contributed by atoms with Gasteiger partial charge in [0, 0.05) is 32.9 Å². The number of nitrogens with zero attached hydrogens (tertiary/aromatic N) is 2. The maximum absolute atomic E-state index is 2.46. The second-order valence-electron chi connectivity index (χ2n) is 20.4. The van der Waals surface area contributed by atoms with E-state index >= 15 is 0 Å². The summed E-state index contributed by atoms with van der Waals surface area (Å²) in [5.41, 5.74) is 16.8. The maximum Gasteiger partial charge on any atom is 0.0541 e. The van der Waals surface area contributed by atoms with Gasteiger partial charge >= 0.3 is 0 Å². The summed E-state index contributed by atoms with van der Waals surface area (Å²) in [7, 11) is 0. The van der Waals surface area contributed by atoms with Gasteiger partial charge in [-0.05, 0) is 165 Å². The number of rotatable bonds is 6. The Morgan fingerprint density at radius 1 is 0.184 bits per heavy atom. The van der Waals surface area contributed by atoms with E-state index in [0.29, 0.717) is 0 Å². The van der Waals surface area contributed by atoms with Crippen LogP contribution in [0.4, 0.5) is 0 Å². The Morgan fingerprint density at radius 2 is 0.566 bits per heavy atom. The molecule has 0 amide bonds. The van der Waals surface area contributed by atoms with E-state index in [1.54, 1.807) is 0 Å². The number of hydrogen-bond acceptors (Lipinski definition) is 0. The predicted octanol–water partition coefficient (Wildman–Crippen LogP) is 20.3. The van der Waals surface area contributed by atoms with E-state index in [9.17, 15) is 0 Å². The average Bonchev–Trinajstić information content (AvgIpc) is 4.06. The summed E-state index contributed by atoms with van der Waals surface area (Å²) in [4.78, 5) is 0. The molecule has 0 saturated carbocycles. The van der Waals surface area contributed by atoms with Crippen LogP contribution in [0.25, 0.3) is 153 Å². The van der Waals surface area contributed by atoms with E-state index in [1.807, 2.05) is 0 Å². The van der Waals surface area contributed by atoms with E-state index < -0.39 is 0 Å². The third-order valence-corrected chi connectivity index (χ3v) is 16.3. The fourth-order valence-electron chi connectivity index (χ4n) is 12.8. The van der Waals surface area contributed by atoms with Crippen LogP contribution in [0.1, 0.15) is 0 Å². The Bertz CT molecular complexity index is 4990. The van der Waals surface area contributed by atoms with Crippen LogP contribution in [0.5, 0.6) is 0 Å². The fourth-order valence-corrected chi connectivity index (χ4v) is 12.8. The summed E-state index contributed by atoms with van der Waals surface area (Å²) in [6, 6.07) is 103. The minimum absolute atomic E-state index is 1.14. The smallest absolute Gasteiger partial charge is 0.0541 e. The van der Waals surface area contributed by atoms with Crippen LogP contribution in [0.2, 0.25) is 0 Å². The first-order valence-corrected chi connectivity index (χ1v) is 26.3. The van der Waals surface area contributed by atoms with Gasteiger partial charge in [0.2, 0.25) is 0 Å². The summed E-state index contributed by atoms with van der Waals surface area (Å²) in [6.45, 7) is 0. The van der Waals surface area contributed by atoms with Gasteiger partial charge in [-0.3, -0.25) is 0 Å². The molecule has 0 spiro atoms. The quantitative estimate of drug-likeness (QED) is 0.147. The summed E-state index contributed by atoms with van der Waals surface area (Å²) in [5, 5.41) is 17.8. The highest BCUT2D eigenvalue weighted by molar-refractivity contribution is 6.36. The summed E-state index contributed by atoms with van der Waals surface area (Å²) >= 11 is 0. The second kappa shape index (κ2) is 16.8. The molecule has 76 heavy (non-hydrogen) atoms. The van der Waals surface area contributed by atoms with Crippen LogP contribution in [0, 0.1) is 0 Å². The van der Waals surface area contributed by atoms with Gasteiger partial charge in [0.25, 0.3) is 0 Å². The average molecular weight is 963 g/mol. The summed E-state index contributed by atoms with van der Waals surface area (Å²) < 4.78 is 4.85. The molecule has 2 nitrogen and oxygen atoms in total. The SMILES string of the molecule is c1ccc(-c2ccc(-c3ccc(-n4c5ccccc5c5cc(-c6ccc7c(c6)c6ccccc6n7-c6ccc(-c7cc8c9ccccc9c9ccccc9c8c8c7ccc7ccccc78)cc6)ccc54)cc3)cc2)cc1. The second-order valence-corrected chi connectivity index (χ2v) is 20.4. The molecule has 0 fully saturated rings. The van der Waals surface area contributed by atoms with E-state index in [2.05, 4.69) is 288 Å². The molecule has 2 heterocycles. The van der Waals surface area contributed by atoms with Crippen LogP contribution in [0.15, 0.2) is 279 Å². The molecule has 0 atom stereocenters. The van der Waals surface area contributed by atoms with Crippen molar-refractivity contribution >= 4 is 97.5 Å². The van der Waals surface area contributed by atoms with E-state index in [-0.39, 0.29) is 0 Å². The molecule has 0 saturated heterocycles. The van der Waals surface area contributed by atoms with Gasteiger partial charge < -0.3 is 9.13 Å². The molecule has 0 N–H and O–H groups in total. The molecule has 0 unspecified atom stereocenters. The molecule has 0 aliphatic rings. The highest BCUT2D eigenvalue weighted by Crippen LogP contribution is 2.46. The third kappa shape index (κ3) is 6.47. The zero-order valence-electron chi connectivity index (χ0n) is 41.5. The van der Waals surface area contributed by atoms with Gasteiger partial charge in [0.1, 0.15) is 0 Å². The Hall–Kier alpha value is -10.0. The first-order valence-electron chi connectivity index (χ1n) is 26.3. The normalized spacial score (nSPS) is 11.9. The molecule has 16 aromatic rings. The van der Waals surface area contributed by atoms with Crippen molar-refractivity contribution in [2.45, 2.75) is 0 Å². The van der Waals surface area contributed by atoms with Gasteiger partial charge in [0.05, 0.1) is 22.1 Å². The molecule has 0 aliphatic heterocycles. The van der Waals surface area contributed by atoms with Gasteiger partial charge in [0.15, 0.2) is 0 Å². The molecule has 14 aromatic carbocycles. The van der Waals surface area contributed by atoms with E-state index in [0.717, 1.165) is 11.4 Å². The first-order chi connectivity index (χ1) is 37.7. The van der Waals surface area contributed by atoms with E-state index in [1.165, 1.54) is 142 Å². The molecular weight excluding hydrogens is 917 g/mol. The first kappa shape index (κ1) is 42.5. The highest BCUT2D eigenvalue weighted by Gasteiger charge is 2.20. The summed E-state index contributed by atoms with van der Waals surface area (Å²) in [5.74, 6) is 0. The van der Waals surface area contributed by atoms with Crippen LogP contribution < -0.4 is 0 Å². The number of para-hydroxylation sites is 2. The topological polar surface area (TPSA) is 9.86 Å². The number of aromatic nitrogens is 2. The van der Waals surface area contributed by atoms with Gasteiger partial charge in [-0.2, -0.15) is 0 Å². The van der Waals surface area contributed by atoms with Crippen LogP contribution in [-0.2, 0) is 0 Å². The molecule has 2 heteroatoms. The Morgan fingerprint density at radius 3 is 1.13 bits per heavy atom. The highest BCUT2D eigenvalue weighted by atomic mass is 15.0. The van der Waals surface area contributed by atoms with Crippen molar-refractivity contribution in [1.82, 2.24) is 9.13 Å². The molecule has 0 aliphatic carbocycles. The van der Waals surface area contributed by atoms with Crippen molar-refractivity contribution in [3.8, 4) is 55.9 Å². The lowest BCUT2D eigenvalue weighted by Crippen LogP contribution is -1.94. The minimum Gasteiger partial charge on any atom is -0.309 e. The predicted molar refractivity (Wildman–Crippen MR) is 324 cm³/mol. The van der Waals surface area contributed by atoms with Crippen LogP contribution in [0.3, 0.4) is 0 Å². The Kier molecular flexibility index (Phi) is 9.37. The Balaban J connectivity index is 0.783. The molecule has 0 bridgehead atoms. The number of benzene rings is 14. The summed E-state index contributed by atoms with van der Waals surface area (Å²) in [6.07, 6.45) is 0. The molecule has 2 aromatic heterocycles. The van der Waals surface area contributed by atoms with Crippen molar-refractivity contribution in [3.63, 3.8) is 0 Å². The molecule has 16 rings (SSSR count). The minimum atomic E-state index is 1.14. The fraction of sp³-hybridized carbons (Fsp3) is 0. The molecule has 0 radical (unpaired) electrons. The van der Waals surface area contributed by atoms with Crippen molar-refractivity contribution in [1.29, 1.82) is 0 Å². The number of fused-ring (bicyclic) bond motifs is 16. The van der Waals surface area contributed by atoms with Crippen molar-refractivity contribution < 1.29 is 0 Å². The lowest BCUT2D eigenvalue weighted by atomic mass is 9.85. The third-order valence-electron chi connectivity index (χ3n) is 16.3. The standard InChI is InChI=1S/C74H46N2/c1-2-14-47(15-3-1)48-26-28-49(29-27-48)50-30-37-55(38-31-50)75-69-24-12-10-21-61(69)66-44-53(35-42-71(66)75)54-36-43-72-67(45-54)62-22-11-13-25-70(62)76(72)56-39-32-52(33-40-56)65-46-68-60-20-7-6-18-58(60)59-19-8-9-23-63(59)74(68)73-57-17-5-4-16-51(57)34-41-64(65)73/h1-46H. The van der Waals surface area contributed by atoms with Crippen molar-refractivity contribution in [2.24, 2.45) is 0 Å². The monoisotopic (exact) mass is 962 g/mol. The zero-order chi connectivity index (χ0) is 49.8. The lowest BCUT2D eigenvalue weighted by molar-refractivity contribution is 1.18. The number of hydrogen-bond donors (Lipinski definition) is 0.